The molecule has 0 saturated carbocycles. The molecule has 0 N–H and O–H groups in total. The average molecular weight is 163 g/mol. The zero-order valence-corrected chi connectivity index (χ0v) is 7.00. The van der Waals surface area contributed by atoms with Gasteiger partial charge in [-0.15, -0.1) is 0 Å². The molecule has 0 radical (unpaired) electrons. The molecule has 62 valence electrons. The molecule has 1 unspecified atom stereocenters. The minimum absolute atomic E-state index is 0.145. The van der Waals surface area contributed by atoms with Gasteiger partial charge in [0.2, 0.25) is 6.08 Å². The Morgan fingerprint density at radius 2 is 2.25 bits per heavy atom. The Hall–Kier alpha value is -1.47. The summed E-state index contributed by atoms with van der Waals surface area (Å²) in [5, 5.41) is 0. The number of aliphatic imine (C=N–C) groups is 1. The molecule has 3 nitrogen and oxygen atoms in total. The first-order valence-corrected chi connectivity index (χ1v) is 3.60. The van der Waals surface area contributed by atoms with Crippen LogP contribution in [0.25, 0.3) is 0 Å². The molecular formula is C9H9NO2. The van der Waals surface area contributed by atoms with Crippen LogP contribution in [-0.2, 0) is 9.59 Å². The Bertz CT molecular complexity index is 321. The van der Waals surface area contributed by atoms with Crippen molar-refractivity contribution in [2.45, 2.75) is 19.4 Å². The standard InChI is InChI=1S/C9H9NO2/c1-7-4-3-5-9(2,8(7)12)10-6-11/h3-5H,1-2H3. The second kappa shape index (κ2) is 2.88. The Kier molecular flexibility index (Phi) is 2.07. The molecule has 0 aromatic heterocycles. The maximum atomic E-state index is 11.4. The highest BCUT2D eigenvalue weighted by atomic mass is 16.1. The lowest BCUT2D eigenvalue weighted by Crippen LogP contribution is -2.33. The fourth-order valence-electron chi connectivity index (χ4n) is 1.11. The summed E-state index contributed by atoms with van der Waals surface area (Å²) in [5.74, 6) is -0.145. The first-order valence-electron chi connectivity index (χ1n) is 3.60. The molecule has 1 rings (SSSR count). The van der Waals surface area contributed by atoms with Crippen molar-refractivity contribution in [3.05, 3.63) is 23.8 Å². The number of hydrogen-bond donors (Lipinski definition) is 0. The quantitative estimate of drug-likeness (QED) is 0.430. The zero-order valence-electron chi connectivity index (χ0n) is 7.00. The molecule has 0 bridgehead atoms. The second-order valence-electron chi connectivity index (χ2n) is 2.89. The topological polar surface area (TPSA) is 46.5 Å². The van der Waals surface area contributed by atoms with Crippen LogP contribution < -0.4 is 0 Å². The lowest BCUT2D eigenvalue weighted by molar-refractivity contribution is -0.118. The van der Waals surface area contributed by atoms with Crippen molar-refractivity contribution >= 4 is 11.9 Å². The van der Waals surface area contributed by atoms with E-state index in [1.54, 1.807) is 32.1 Å². The van der Waals surface area contributed by atoms with Crippen LogP contribution in [0.5, 0.6) is 0 Å². The van der Waals surface area contributed by atoms with Crippen molar-refractivity contribution in [1.29, 1.82) is 0 Å². The number of carbonyl (C=O) groups is 1. The summed E-state index contributed by atoms with van der Waals surface area (Å²) < 4.78 is 0. The van der Waals surface area contributed by atoms with E-state index in [1.165, 1.54) is 6.08 Å². The predicted molar refractivity (Wildman–Crippen MR) is 44.4 cm³/mol. The molecule has 12 heavy (non-hydrogen) atoms. The molecule has 1 aliphatic carbocycles. The van der Waals surface area contributed by atoms with Crippen LogP contribution >= 0.6 is 0 Å². The highest BCUT2D eigenvalue weighted by Gasteiger charge is 2.32. The highest BCUT2D eigenvalue weighted by Crippen LogP contribution is 2.21. The third-order valence-corrected chi connectivity index (χ3v) is 1.86. The number of carbonyl (C=O) groups excluding carboxylic acids is 2. The van der Waals surface area contributed by atoms with Crippen LogP contribution in [-0.4, -0.2) is 17.4 Å². The minimum Gasteiger partial charge on any atom is -0.291 e. The van der Waals surface area contributed by atoms with Gasteiger partial charge in [0.05, 0.1) is 0 Å². The zero-order chi connectivity index (χ0) is 9.19. The number of Topliss-reactive ketones (excluding diaryl/α,β-unsaturated/α-hetero) is 1. The maximum absolute atomic E-state index is 11.4. The Balaban J connectivity index is 3.12. The molecule has 3 heteroatoms. The van der Waals surface area contributed by atoms with E-state index in [9.17, 15) is 9.59 Å². The van der Waals surface area contributed by atoms with Gasteiger partial charge >= 0.3 is 0 Å². The highest BCUT2D eigenvalue weighted by molar-refractivity contribution is 6.05. The molecule has 0 spiro atoms. The summed E-state index contributed by atoms with van der Waals surface area (Å²) >= 11 is 0. The van der Waals surface area contributed by atoms with Crippen molar-refractivity contribution in [3.8, 4) is 0 Å². The van der Waals surface area contributed by atoms with Crippen molar-refractivity contribution in [3.63, 3.8) is 0 Å². The monoisotopic (exact) mass is 163 g/mol. The summed E-state index contributed by atoms with van der Waals surface area (Å²) in [4.78, 5) is 24.9. The number of rotatable bonds is 1. The minimum atomic E-state index is -1.03. The van der Waals surface area contributed by atoms with Crippen LogP contribution in [0.4, 0.5) is 0 Å². The van der Waals surface area contributed by atoms with Gasteiger partial charge < -0.3 is 0 Å². The van der Waals surface area contributed by atoms with Crippen molar-refractivity contribution < 1.29 is 9.59 Å². The van der Waals surface area contributed by atoms with Crippen LogP contribution in [0.3, 0.4) is 0 Å². The van der Waals surface area contributed by atoms with E-state index in [2.05, 4.69) is 4.99 Å². The van der Waals surface area contributed by atoms with Crippen LogP contribution in [0, 0.1) is 0 Å². The normalized spacial score (nSPS) is 27.8. The number of hydrogen-bond acceptors (Lipinski definition) is 3. The van der Waals surface area contributed by atoms with Crippen molar-refractivity contribution in [1.82, 2.24) is 0 Å². The van der Waals surface area contributed by atoms with Gasteiger partial charge in [-0.1, -0.05) is 12.2 Å². The lowest BCUT2D eigenvalue weighted by atomic mass is 9.88. The molecule has 0 aromatic rings. The fraction of sp³-hybridized carbons (Fsp3) is 0.333. The molecule has 0 aromatic carbocycles. The second-order valence-corrected chi connectivity index (χ2v) is 2.89. The van der Waals surface area contributed by atoms with Gasteiger partial charge in [0, 0.05) is 0 Å². The molecule has 0 aliphatic heterocycles. The van der Waals surface area contributed by atoms with Gasteiger partial charge in [-0.05, 0) is 25.5 Å². The molecule has 0 fully saturated rings. The van der Waals surface area contributed by atoms with E-state index in [-0.39, 0.29) is 5.78 Å². The molecule has 0 heterocycles. The summed E-state index contributed by atoms with van der Waals surface area (Å²) in [5.41, 5.74) is -0.417. The SMILES string of the molecule is CC1=CC=CC(C)(N=C=O)C1=O. The first-order chi connectivity index (χ1) is 5.60. The largest absolute Gasteiger partial charge is 0.291 e. The molecule has 1 aliphatic rings. The Labute approximate surface area is 70.5 Å². The van der Waals surface area contributed by atoms with E-state index in [0.717, 1.165) is 0 Å². The molecule has 1 atom stereocenters. The van der Waals surface area contributed by atoms with Crippen molar-refractivity contribution in [2.24, 2.45) is 4.99 Å². The van der Waals surface area contributed by atoms with Gasteiger partial charge in [-0.3, -0.25) is 4.79 Å². The van der Waals surface area contributed by atoms with Crippen LogP contribution in [0.2, 0.25) is 0 Å². The smallest absolute Gasteiger partial charge is 0.236 e. The van der Waals surface area contributed by atoms with Crippen molar-refractivity contribution in [2.75, 3.05) is 0 Å². The third kappa shape index (κ3) is 1.27. The van der Waals surface area contributed by atoms with E-state index in [4.69, 9.17) is 0 Å². The van der Waals surface area contributed by atoms with Crippen LogP contribution in [0.15, 0.2) is 28.8 Å². The summed E-state index contributed by atoms with van der Waals surface area (Å²) in [6, 6.07) is 0. The molecule has 0 saturated heterocycles. The van der Waals surface area contributed by atoms with E-state index >= 15 is 0 Å². The van der Waals surface area contributed by atoms with E-state index < -0.39 is 5.54 Å². The molecular weight excluding hydrogens is 154 g/mol. The molecule has 0 amide bonds. The maximum Gasteiger partial charge on any atom is 0.236 e. The van der Waals surface area contributed by atoms with Gasteiger partial charge in [0.1, 0.15) is 0 Å². The lowest BCUT2D eigenvalue weighted by Gasteiger charge is -2.20. The van der Waals surface area contributed by atoms with Crippen LogP contribution in [0.1, 0.15) is 13.8 Å². The van der Waals surface area contributed by atoms with Gasteiger partial charge in [-0.2, -0.15) is 4.99 Å². The third-order valence-electron chi connectivity index (χ3n) is 1.86. The van der Waals surface area contributed by atoms with Gasteiger partial charge in [0.15, 0.2) is 11.3 Å². The number of allylic oxidation sites excluding steroid dienone is 2. The predicted octanol–water partition coefficient (Wildman–Crippen LogP) is 1.17. The average Bonchev–Trinajstić information content (AvgIpc) is 2.01. The number of ketones is 1. The van der Waals surface area contributed by atoms with Gasteiger partial charge in [-0.25, -0.2) is 4.79 Å². The first kappa shape index (κ1) is 8.62. The van der Waals surface area contributed by atoms with Gasteiger partial charge in [0.25, 0.3) is 0 Å². The van der Waals surface area contributed by atoms with E-state index in [0.29, 0.717) is 5.57 Å². The van der Waals surface area contributed by atoms with E-state index in [1.807, 2.05) is 0 Å². The number of nitrogens with zero attached hydrogens (tertiary/aromatic N) is 1. The number of isocyanates is 1. The Morgan fingerprint density at radius 3 is 2.83 bits per heavy atom. The summed E-state index contributed by atoms with van der Waals surface area (Å²) in [7, 11) is 0. The fourth-order valence-corrected chi connectivity index (χ4v) is 1.11. The Morgan fingerprint density at radius 1 is 1.58 bits per heavy atom. The summed E-state index contributed by atoms with van der Waals surface area (Å²) in [6.07, 6.45) is 6.41. The summed E-state index contributed by atoms with van der Waals surface area (Å²) in [6.45, 7) is 3.29.